The van der Waals surface area contributed by atoms with Crippen LogP contribution in [0.3, 0.4) is 0 Å². The standard InChI is InChI=1S/C22H24N2O4/c1-21(2)12-14-8-7-11-17(19(14)28-21)27-13-18(25)24-16-10-6-5-9-15(16)23-20(26)22(24,3)4/h5-11H,12-13H2,1-4H3,(H,23,26). The van der Waals surface area contributed by atoms with Gasteiger partial charge < -0.3 is 14.8 Å². The highest BCUT2D eigenvalue weighted by Crippen LogP contribution is 2.42. The van der Waals surface area contributed by atoms with Crippen LogP contribution in [-0.4, -0.2) is 29.6 Å². The highest BCUT2D eigenvalue weighted by atomic mass is 16.5. The summed E-state index contributed by atoms with van der Waals surface area (Å²) in [7, 11) is 0. The molecule has 0 aromatic heterocycles. The van der Waals surface area contributed by atoms with Crippen LogP contribution in [0.2, 0.25) is 0 Å². The lowest BCUT2D eigenvalue weighted by Gasteiger charge is -2.41. The van der Waals surface area contributed by atoms with Crippen molar-refractivity contribution in [2.75, 3.05) is 16.8 Å². The third-order valence-corrected chi connectivity index (χ3v) is 5.16. The number of carbonyl (C=O) groups excluding carboxylic acids is 2. The van der Waals surface area contributed by atoms with E-state index in [1.807, 2.05) is 44.2 Å². The van der Waals surface area contributed by atoms with Crippen molar-refractivity contribution in [1.82, 2.24) is 0 Å². The first-order chi connectivity index (χ1) is 13.2. The second-order valence-electron chi connectivity index (χ2n) is 8.33. The molecule has 0 spiro atoms. The topological polar surface area (TPSA) is 67.9 Å². The summed E-state index contributed by atoms with van der Waals surface area (Å²) in [5, 5.41) is 2.86. The molecule has 0 radical (unpaired) electrons. The van der Waals surface area contributed by atoms with E-state index in [0.717, 1.165) is 12.0 Å². The Morgan fingerprint density at radius 1 is 1.14 bits per heavy atom. The fourth-order valence-electron chi connectivity index (χ4n) is 3.80. The molecule has 0 bridgehead atoms. The summed E-state index contributed by atoms with van der Waals surface area (Å²) in [6, 6.07) is 13.0. The third kappa shape index (κ3) is 2.99. The first kappa shape index (κ1) is 18.3. The molecule has 0 saturated heterocycles. The Hall–Kier alpha value is -3.02. The van der Waals surface area contributed by atoms with Crippen LogP contribution < -0.4 is 19.7 Å². The van der Waals surface area contributed by atoms with Crippen molar-refractivity contribution >= 4 is 23.2 Å². The molecule has 0 atom stereocenters. The van der Waals surface area contributed by atoms with Gasteiger partial charge in [-0.3, -0.25) is 14.5 Å². The molecular formula is C22H24N2O4. The maximum Gasteiger partial charge on any atom is 0.265 e. The maximum absolute atomic E-state index is 13.1. The molecule has 2 aromatic rings. The predicted octanol–water partition coefficient (Wildman–Crippen LogP) is 3.54. The van der Waals surface area contributed by atoms with Gasteiger partial charge in [0.2, 0.25) is 5.91 Å². The Kier molecular flexibility index (Phi) is 4.10. The number of nitrogens with zero attached hydrogens (tertiary/aromatic N) is 1. The molecule has 2 heterocycles. The minimum Gasteiger partial charge on any atom is -0.483 e. The smallest absolute Gasteiger partial charge is 0.265 e. The molecule has 0 aliphatic carbocycles. The molecule has 6 nitrogen and oxygen atoms in total. The van der Waals surface area contributed by atoms with Gasteiger partial charge in [-0.1, -0.05) is 24.3 Å². The molecule has 146 valence electrons. The summed E-state index contributed by atoms with van der Waals surface area (Å²) >= 11 is 0. The lowest BCUT2D eigenvalue weighted by Crippen LogP contribution is -2.59. The Balaban J connectivity index is 1.59. The van der Waals surface area contributed by atoms with Crippen molar-refractivity contribution in [1.29, 1.82) is 0 Å². The van der Waals surface area contributed by atoms with Crippen LogP contribution in [0.4, 0.5) is 11.4 Å². The first-order valence-corrected chi connectivity index (χ1v) is 9.36. The molecule has 0 saturated carbocycles. The highest BCUT2D eigenvalue weighted by Gasteiger charge is 2.43. The number of rotatable bonds is 3. The molecule has 4 rings (SSSR count). The van der Waals surface area contributed by atoms with E-state index in [1.54, 1.807) is 26.0 Å². The van der Waals surface area contributed by atoms with E-state index in [4.69, 9.17) is 9.47 Å². The lowest BCUT2D eigenvalue weighted by molar-refractivity contribution is -0.127. The predicted molar refractivity (Wildman–Crippen MR) is 107 cm³/mol. The number of anilines is 2. The van der Waals surface area contributed by atoms with Gasteiger partial charge in [0.05, 0.1) is 11.4 Å². The van der Waals surface area contributed by atoms with Gasteiger partial charge in [0, 0.05) is 12.0 Å². The number of carbonyl (C=O) groups is 2. The van der Waals surface area contributed by atoms with Crippen molar-refractivity contribution in [2.24, 2.45) is 0 Å². The number of amides is 2. The number of hydrogen-bond acceptors (Lipinski definition) is 4. The second kappa shape index (κ2) is 6.26. The molecule has 0 unspecified atom stereocenters. The maximum atomic E-state index is 13.1. The van der Waals surface area contributed by atoms with E-state index in [2.05, 4.69) is 5.32 Å². The van der Waals surface area contributed by atoms with E-state index in [0.29, 0.717) is 22.9 Å². The molecule has 2 aliphatic rings. The van der Waals surface area contributed by atoms with Crippen molar-refractivity contribution in [3.8, 4) is 11.5 Å². The van der Waals surface area contributed by atoms with Crippen LogP contribution in [0.15, 0.2) is 42.5 Å². The Bertz CT molecular complexity index is 965. The normalized spacial score (nSPS) is 18.6. The average Bonchev–Trinajstić information content (AvgIpc) is 2.95. The van der Waals surface area contributed by atoms with Gasteiger partial charge in [0.1, 0.15) is 11.1 Å². The summed E-state index contributed by atoms with van der Waals surface area (Å²) < 4.78 is 11.9. The van der Waals surface area contributed by atoms with Crippen LogP contribution in [0.5, 0.6) is 11.5 Å². The summed E-state index contributed by atoms with van der Waals surface area (Å²) in [4.78, 5) is 27.1. The van der Waals surface area contributed by atoms with Gasteiger partial charge in [-0.2, -0.15) is 0 Å². The van der Waals surface area contributed by atoms with E-state index >= 15 is 0 Å². The number of para-hydroxylation sites is 3. The minimum absolute atomic E-state index is 0.189. The Morgan fingerprint density at radius 2 is 1.89 bits per heavy atom. The van der Waals surface area contributed by atoms with Gasteiger partial charge in [-0.15, -0.1) is 0 Å². The first-order valence-electron chi connectivity index (χ1n) is 9.36. The molecular weight excluding hydrogens is 356 g/mol. The SMILES string of the molecule is CC1(C)Cc2cccc(OCC(=O)N3c4ccccc4NC(=O)C3(C)C)c2O1. The van der Waals surface area contributed by atoms with Gasteiger partial charge in [-0.05, 0) is 45.9 Å². The van der Waals surface area contributed by atoms with Crippen LogP contribution in [-0.2, 0) is 16.0 Å². The zero-order valence-electron chi connectivity index (χ0n) is 16.5. The van der Waals surface area contributed by atoms with Gasteiger partial charge >= 0.3 is 0 Å². The molecule has 6 heteroatoms. The van der Waals surface area contributed by atoms with Crippen LogP contribution >= 0.6 is 0 Å². The zero-order valence-corrected chi connectivity index (χ0v) is 16.5. The molecule has 2 aliphatic heterocycles. The number of nitrogens with one attached hydrogen (secondary N) is 1. The lowest BCUT2D eigenvalue weighted by atomic mass is 9.96. The molecule has 2 aromatic carbocycles. The number of ether oxygens (including phenoxy) is 2. The fourth-order valence-corrected chi connectivity index (χ4v) is 3.80. The second-order valence-corrected chi connectivity index (χ2v) is 8.33. The number of hydrogen-bond donors (Lipinski definition) is 1. The summed E-state index contributed by atoms with van der Waals surface area (Å²) in [5.41, 5.74) is 1.03. The van der Waals surface area contributed by atoms with Crippen molar-refractivity contribution in [2.45, 2.75) is 45.3 Å². The van der Waals surface area contributed by atoms with E-state index in [9.17, 15) is 9.59 Å². The Labute approximate surface area is 164 Å². The number of fused-ring (bicyclic) bond motifs is 2. The minimum atomic E-state index is -1.02. The van der Waals surface area contributed by atoms with Crippen molar-refractivity contribution in [3.05, 3.63) is 48.0 Å². The molecule has 1 N–H and O–H groups in total. The largest absolute Gasteiger partial charge is 0.483 e. The van der Waals surface area contributed by atoms with Crippen LogP contribution in [0.1, 0.15) is 33.3 Å². The molecule has 2 amide bonds. The molecule has 28 heavy (non-hydrogen) atoms. The highest BCUT2D eigenvalue weighted by molar-refractivity contribution is 6.14. The van der Waals surface area contributed by atoms with Crippen LogP contribution in [0.25, 0.3) is 0 Å². The number of benzene rings is 2. The van der Waals surface area contributed by atoms with E-state index < -0.39 is 5.54 Å². The van der Waals surface area contributed by atoms with Gasteiger partial charge in [0.25, 0.3) is 5.91 Å². The monoisotopic (exact) mass is 380 g/mol. The van der Waals surface area contributed by atoms with Crippen molar-refractivity contribution < 1.29 is 19.1 Å². The third-order valence-electron chi connectivity index (χ3n) is 5.16. The summed E-state index contributed by atoms with van der Waals surface area (Å²) in [6.07, 6.45) is 0.792. The summed E-state index contributed by atoms with van der Waals surface area (Å²) in [5.74, 6) is 0.715. The van der Waals surface area contributed by atoms with Gasteiger partial charge in [0.15, 0.2) is 18.1 Å². The van der Waals surface area contributed by atoms with Gasteiger partial charge in [-0.25, -0.2) is 0 Å². The van der Waals surface area contributed by atoms with Crippen LogP contribution in [0, 0.1) is 0 Å². The van der Waals surface area contributed by atoms with Crippen molar-refractivity contribution in [3.63, 3.8) is 0 Å². The zero-order chi connectivity index (χ0) is 20.1. The Morgan fingerprint density at radius 3 is 2.68 bits per heavy atom. The average molecular weight is 380 g/mol. The van der Waals surface area contributed by atoms with E-state index in [1.165, 1.54) is 4.90 Å². The molecule has 0 fully saturated rings. The summed E-state index contributed by atoms with van der Waals surface area (Å²) in [6.45, 7) is 7.30. The fraction of sp³-hybridized carbons (Fsp3) is 0.364. The van der Waals surface area contributed by atoms with E-state index in [-0.39, 0.29) is 24.0 Å². The quantitative estimate of drug-likeness (QED) is 0.884.